The van der Waals surface area contributed by atoms with Crippen LogP contribution in [0, 0.1) is 10.1 Å². The van der Waals surface area contributed by atoms with Crippen LogP contribution in [-0.4, -0.2) is 33.1 Å². The van der Waals surface area contributed by atoms with Crippen molar-refractivity contribution in [3.8, 4) is 23.0 Å². The molecular weight excluding hydrogens is 466 g/mol. The Morgan fingerprint density at radius 1 is 1.15 bits per heavy atom. The van der Waals surface area contributed by atoms with Crippen LogP contribution in [0.1, 0.15) is 15.2 Å². The van der Waals surface area contributed by atoms with Crippen LogP contribution in [0.15, 0.2) is 76.4 Å². The van der Waals surface area contributed by atoms with E-state index in [1.807, 2.05) is 0 Å². The van der Waals surface area contributed by atoms with Crippen LogP contribution in [0.4, 0.5) is 5.00 Å². The highest BCUT2D eigenvalue weighted by atomic mass is 32.2. The lowest BCUT2D eigenvalue weighted by atomic mass is 10.1. The summed E-state index contributed by atoms with van der Waals surface area (Å²) in [5.74, 6) is 0.392. The molecule has 0 aliphatic rings. The first kappa shape index (κ1) is 22.2. The maximum absolute atomic E-state index is 12.9. The van der Waals surface area contributed by atoms with E-state index in [1.54, 1.807) is 48.5 Å². The minimum Gasteiger partial charge on any atom is -0.507 e. The molecular formula is C22H15N3O6S2. The fourth-order valence-corrected chi connectivity index (χ4v) is 4.48. The van der Waals surface area contributed by atoms with E-state index >= 15 is 0 Å². The molecule has 9 nitrogen and oxygen atoms in total. The van der Waals surface area contributed by atoms with Crippen LogP contribution in [0.2, 0.25) is 0 Å². The average molecular weight is 482 g/mol. The molecule has 0 aliphatic heterocycles. The number of thioether (sulfide) groups is 1. The van der Waals surface area contributed by atoms with Gasteiger partial charge in [-0.2, -0.15) is 0 Å². The zero-order chi connectivity index (χ0) is 23.4. The van der Waals surface area contributed by atoms with Gasteiger partial charge in [-0.25, -0.2) is 0 Å². The molecule has 2 heterocycles. The van der Waals surface area contributed by atoms with Gasteiger partial charge in [0.2, 0.25) is 0 Å². The minimum absolute atomic E-state index is 0.0166. The predicted octanol–water partition coefficient (Wildman–Crippen LogP) is 5.44. The van der Waals surface area contributed by atoms with E-state index in [2.05, 4.69) is 10.2 Å². The van der Waals surface area contributed by atoms with Crippen LogP contribution >= 0.6 is 23.1 Å². The molecule has 0 spiro atoms. The number of aromatic hydroxyl groups is 1. The second-order valence-electron chi connectivity index (χ2n) is 6.49. The second-order valence-corrected chi connectivity index (χ2v) is 8.54. The molecule has 1 N–H and O–H groups in total. The number of hydrogen-bond acceptors (Lipinski definition) is 10. The molecule has 2 aromatic heterocycles. The number of thiophene rings is 1. The van der Waals surface area contributed by atoms with Crippen molar-refractivity contribution in [3.05, 3.63) is 87.3 Å². The van der Waals surface area contributed by atoms with Gasteiger partial charge in [-0.3, -0.25) is 14.9 Å². The summed E-state index contributed by atoms with van der Waals surface area (Å²) < 4.78 is 10.8. The zero-order valence-corrected chi connectivity index (χ0v) is 18.6. The maximum atomic E-state index is 12.9. The highest BCUT2D eigenvalue weighted by molar-refractivity contribution is 8.08. The summed E-state index contributed by atoms with van der Waals surface area (Å²) in [6.07, 6.45) is 1.37. The van der Waals surface area contributed by atoms with Gasteiger partial charge in [0.05, 0.1) is 17.6 Å². The molecule has 4 rings (SSSR count). The number of allylic oxidation sites excluding steroid dienone is 1. The molecule has 0 atom stereocenters. The number of nitro groups is 1. The number of nitrogens with zero attached hydrogens (tertiary/aromatic N) is 3. The number of ether oxygens (including phenoxy) is 1. The first-order valence-corrected chi connectivity index (χ1v) is 11.0. The topological polar surface area (TPSA) is 129 Å². The van der Waals surface area contributed by atoms with Gasteiger partial charge in [0.1, 0.15) is 11.5 Å². The standard InChI is InChI=1S/C22H15N3O6S2/c1-30-14-8-6-13(7-9-14)17(27)12-19(18-10-11-20(32-18)25(28)29)33-22-24-23-21(31-22)15-4-2-3-5-16(15)26/h2-12,26H,1H3. The lowest BCUT2D eigenvalue weighted by molar-refractivity contribution is -0.380. The molecule has 11 heteroatoms. The van der Waals surface area contributed by atoms with Crippen LogP contribution < -0.4 is 4.74 Å². The molecule has 0 unspecified atom stereocenters. The van der Waals surface area contributed by atoms with Gasteiger partial charge in [-0.1, -0.05) is 23.5 Å². The number of benzene rings is 2. The maximum Gasteiger partial charge on any atom is 0.324 e. The third-order valence-corrected chi connectivity index (χ3v) is 6.49. The van der Waals surface area contributed by atoms with E-state index in [0.29, 0.717) is 26.7 Å². The molecule has 4 aromatic rings. The molecule has 166 valence electrons. The molecule has 0 fully saturated rings. The van der Waals surface area contributed by atoms with Gasteiger partial charge in [-0.05, 0) is 54.2 Å². The number of phenolic OH excluding ortho intramolecular Hbond substituents is 1. The minimum atomic E-state index is -0.495. The van der Waals surface area contributed by atoms with Crippen molar-refractivity contribution in [1.82, 2.24) is 10.2 Å². The SMILES string of the molecule is COc1ccc(C(=O)C=C(Sc2nnc(-c3ccccc3O)o2)c2ccc([N+](=O)[O-])s2)cc1. The number of carbonyl (C=O) groups is 1. The monoisotopic (exact) mass is 481 g/mol. The van der Waals surface area contributed by atoms with Crippen molar-refractivity contribution in [3.63, 3.8) is 0 Å². The number of hydrogen-bond donors (Lipinski definition) is 1. The Bertz CT molecular complexity index is 1340. The van der Waals surface area contributed by atoms with Crippen molar-refractivity contribution in [2.75, 3.05) is 7.11 Å². The fraction of sp³-hybridized carbons (Fsp3) is 0.0455. The molecule has 33 heavy (non-hydrogen) atoms. The van der Waals surface area contributed by atoms with Gasteiger partial charge >= 0.3 is 5.00 Å². The van der Waals surface area contributed by atoms with Crippen LogP contribution in [0.25, 0.3) is 16.4 Å². The van der Waals surface area contributed by atoms with Crippen molar-refractivity contribution >= 4 is 38.8 Å². The molecule has 0 amide bonds. The van der Waals surface area contributed by atoms with Crippen molar-refractivity contribution in [2.45, 2.75) is 5.22 Å². The Labute approximate surface area is 195 Å². The first-order valence-electron chi connectivity index (χ1n) is 9.39. The Hall–Kier alpha value is -3.96. The summed E-state index contributed by atoms with van der Waals surface area (Å²) in [7, 11) is 1.53. The molecule has 0 radical (unpaired) electrons. The van der Waals surface area contributed by atoms with Crippen LogP contribution in [0.5, 0.6) is 11.5 Å². The fourth-order valence-electron chi connectivity index (χ4n) is 2.78. The van der Waals surface area contributed by atoms with Gasteiger partial charge in [0.25, 0.3) is 11.1 Å². The van der Waals surface area contributed by atoms with Gasteiger partial charge in [0, 0.05) is 27.5 Å². The summed E-state index contributed by atoms with van der Waals surface area (Å²) in [6, 6.07) is 16.0. The largest absolute Gasteiger partial charge is 0.507 e. The normalized spacial score (nSPS) is 11.4. The second kappa shape index (κ2) is 9.67. The number of carbonyl (C=O) groups excluding carboxylic acids is 1. The Morgan fingerprint density at radius 2 is 1.91 bits per heavy atom. The smallest absolute Gasteiger partial charge is 0.324 e. The van der Waals surface area contributed by atoms with Gasteiger partial charge < -0.3 is 14.3 Å². The third-order valence-electron chi connectivity index (χ3n) is 4.39. The third kappa shape index (κ3) is 5.10. The highest BCUT2D eigenvalue weighted by Crippen LogP contribution is 2.40. The Balaban J connectivity index is 1.67. The number of phenols is 1. The summed E-state index contributed by atoms with van der Waals surface area (Å²) in [5.41, 5.74) is 0.781. The number of aromatic nitrogens is 2. The molecule has 0 saturated heterocycles. The molecule has 0 aliphatic carbocycles. The lowest BCUT2D eigenvalue weighted by Gasteiger charge is -2.03. The molecule has 2 aromatic carbocycles. The van der Waals surface area contributed by atoms with E-state index in [1.165, 1.54) is 25.3 Å². The average Bonchev–Trinajstić information content (AvgIpc) is 3.49. The van der Waals surface area contributed by atoms with Crippen LogP contribution in [-0.2, 0) is 0 Å². The van der Waals surface area contributed by atoms with Gasteiger partial charge in [-0.15, -0.1) is 10.2 Å². The summed E-state index contributed by atoms with van der Waals surface area (Å²) in [5, 5.41) is 29.1. The first-order chi connectivity index (χ1) is 15.9. The summed E-state index contributed by atoms with van der Waals surface area (Å²) in [6.45, 7) is 0. The van der Waals surface area contributed by atoms with E-state index in [9.17, 15) is 20.0 Å². The summed E-state index contributed by atoms with van der Waals surface area (Å²) in [4.78, 5) is 24.4. The van der Waals surface area contributed by atoms with Gasteiger partial charge in [0.15, 0.2) is 5.78 Å². The number of para-hydroxylation sites is 1. The Morgan fingerprint density at radius 3 is 2.58 bits per heavy atom. The molecule has 0 saturated carbocycles. The number of methoxy groups -OCH3 is 1. The number of ketones is 1. The lowest BCUT2D eigenvalue weighted by Crippen LogP contribution is -1.95. The summed E-state index contributed by atoms with van der Waals surface area (Å²) >= 11 is 1.93. The van der Waals surface area contributed by atoms with E-state index < -0.39 is 4.92 Å². The van der Waals surface area contributed by atoms with E-state index in [0.717, 1.165) is 23.1 Å². The van der Waals surface area contributed by atoms with Crippen molar-refractivity contribution in [1.29, 1.82) is 0 Å². The number of rotatable bonds is 8. The van der Waals surface area contributed by atoms with Crippen LogP contribution in [0.3, 0.4) is 0 Å². The highest BCUT2D eigenvalue weighted by Gasteiger charge is 2.19. The van der Waals surface area contributed by atoms with E-state index in [-0.39, 0.29) is 27.6 Å². The van der Waals surface area contributed by atoms with Crippen molar-refractivity contribution < 1.29 is 24.0 Å². The Kier molecular flexibility index (Phi) is 6.52. The van der Waals surface area contributed by atoms with Crippen molar-refractivity contribution in [2.24, 2.45) is 0 Å². The van der Waals surface area contributed by atoms with E-state index in [4.69, 9.17) is 9.15 Å². The quantitative estimate of drug-likeness (QED) is 0.115. The zero-order valence-electron chi connectivity index (χ0n) is 17.0. The predicted molar refractivity (Wildman–Crippen MR) is 124 cm³/mol. The molecule has 0 bridgehead atoms.